The molecule has 20 heavy (non-hydrogen) atoms. The second kappa shape index (κ2) is 5.11. The van der Waals surface area contributed by atoms with Gasteiger partial charge in [-0.2, -0.15) is 4.98 Å². The van der Waals surface area contributed by atoms with Gasteiger partial charge < -0.3 is 15.2 Å². The molecule has 0 saturated heterocycles. The van der Waals surface area contributed by atoms with Crippen molar-refractivity contribution in [3.63, 3.8) is 0 Å². The Morgan fingerprint density at radius 1 is 1.50 bits per heavy atom. The van der Waals surface area contributed by atoms with E-state index in [1.54, 1.807) is 11.9 Å². The molecule has 0 aromatic carbocycles. The van der Waals surface area contributed by atoms with E-state index in [1.165, 1.54) is 0 Å². The molecule has 2 heterocycles. The zero-order valence-electron chi connectivity index (χ0n) is 11.3. The topological polar surface area (TPSA) is 124 Å². The summed E-state index contributed by atoms with van der Waals surface area (Å²) in [7, 11) is 1.76. The molecule has 9 nitrogen and oxygen atoms in total. The van der Waals surface area contributed by atoms with E-state index in [-0.39, 0.29) is 11.5 Å². The predicted molar refractivity (Wildman–Crippen MR) is 71.2 cm³/mol. The highest BCUT2D eigenvalue weighted by molar-refractivity contribution is 5.53. The molecule has 0 amide bonds. The van der Waals surface area contributed by atoms with Crippen molar-refractivity contribution in [2.24, 2.45) is 0 Å². The Kier molecular flexibility index (Phi) is 3.51. The van der Waals surface area contributed by atoms with Gasteiger partial charge in [0.1, 0.15) is 12.0 Å². The van der Waals surface area contributed by atoms with Crippen molar-refractivity contribution < 1.29 is 9.45 Å². The summed E-state index contributed by atoms with van der Waals surface area (Å²) < 4.78 is 5.07. The Balaban J connectivity index is 2.24. The molecular weight excluding hydrogens is 264 g/mol. The maximum atomic E-state index is 10.7. The van der Waals surface area contributed by atoms with Gasteiger partial charge in [0.2, 0.25) is 11.8 Å². The lowest BCUT2D eigenvalue weighted by molar-refractivity contribution is -0.384. The molecule has 2 aromatic rings. The van der Waals surface area contributed by atoms with Crippen molar-refractivity contribution >= 4 is 17.5 Å². The number of rotatable bonds is 4. The number of aromatic nitrogens is 3. The van der Waals surface area contributed by atoms with Crippen LogP contribution in [0.1, 0.15) is 17.0 Å². The van der Waals surface area contributed by atoms with Crippen LogP contribution in [0.25, 0.3) is 0 Å². The smallest absolute Gasteiger partial charge is 0.329 e. The predicted octanol–water partition coefficient (Wildman–Crippen LogP) is 1.21. The lowest BCUT2D eigenvalue weighted by Crippen LogP contribution is -2.20. The Labute approximate surface area is 114 Å². The van der Waals surface area contributed by atoms with Crippen LogP contribution in [0.15, 0.2) is 10.7 Å². The first kappa shape index (κ1) is 13.7. The third-order valence-corrected chi connectivity index (χ3v) is 2.90. The normalized spacial score (nSPS) is 10.6. The van der Waals surface area contributed by atoms with E-state index >= 15 is 0 Å². The van der Waals surface area contributed by atoms with Gasteiger partial charge >= 0.3 is 5.69 Å². The lowest BCUT2D eigenvalue weighted by atomic mass is 10.2. The SMILES string of the molecule is Cc1noc(C)c1CN(C)c1ncc([N+](=O)[O-])c(N)n1. The van der Waals surface area contributed by atoms with Crippen molar-refractivity contribution in [2.75, 3.05) is 17.7 Å². The van der Waals surface area contributed by atoms with Crippen LogP contribution in [0, 0.1) is 24.0 Å². The second-order valence-electron chi connectivity index (χ2n) is 4.36. The number of aryl methyl sites for hydroxylation is 2. The minimum Gasteiger partial charge on any atom is -0.378 e. The van der Waals surface area contributed by atoms with Crippen molar-refractivity contribution in [1.82, 2.24) is 15.1 Å². The Morgan fingerprint density at radius 3 is 2.70 bits per heavy atom. The van der Waals surface area contributed by atoms with Crippen LogP contribution in [0.4, 0.5) is 17.5 Å². The maximum Gasteiger partial charge on any atom is 0.329 e. The molecule has 0 bridgehead atoms. The fourth-order valence-electron chi connectivity index (χ4n) is 1.74. The number of nitrogen functional groups attached to an aromatic ring is 1. The number of nitrogens with zero attached hydrogens (tertiary/aromatic N) is 5. The maximum absolute atomic E-state index is 10.7. The highest BCUT2D eigenvalue weighted by atomic mass is 16.6. The van der Waals surface area contributed by atoms with Gasteiger partial charge in [0.05, 0.1) is 17.2 Å². The van der Waals surface area contributed by atoms with Crippen LogP contribution in [0.3, 0.4) is 0 Å². The van der Waals surface area contributed by atoms with Gasteiger partial charge in [0, 0.05) is 12.6 Å². The van der Waals surface area contributed by atoms with Crippen LogP contribution in [0.2, 0.25) is 0 Å². The summed E-state index contributed by atoms with van der Waals surface area (Å²) in [6.45, 7) is 4.12. The first-order valence-electron chi connectivity index (χ1n) is 5.80. The average molecular weight is 278 g/mol. The molecule has 0 atom stereocenters. The van der Waals surface area contributed by atoms with Crippen LogP contribution in [-0.2, 0) is 6.54 Å². The molecular formula is C11H14N6O3. The van der Waals surface area contributed by atoms with Gasteiger partial charge in [0.15, 0.2) is 0 Å². The Hall–Kier alpha value is -2.71. The number of anilines is 2. The van der Waals surface area contributed by atoms with Gasteiger partial charge in [-0.05, 0) is 13.8 Å². The molecule has 9 heteroatoms. The third kappa shape index (κ3) is 2.51. The molecule has 0 spiro atoms. The molecule has 2 aromatic heterocycles. The first-order chi connectivity index (χ1) is 9.40. The fraction of sp³-hybridized carbons (Fsp3) is 0.364. The fourth-order valence-corrected chi connectivity index (χ4v) is 1.74. The highest BCUT2D eigenvalue weighted by Gasteiger charge is 2.18. The van der Waals surface area contributed by atoms with Crippen LogP contribution < -0.4 is 10.6 Å². The highest BCUT2D eigenvalue weighted by Crippen LogP contribution is 2.21. The standard InChI is InChI=1S/C11H14N6O3/c1-6-8(7(2)20-15-6)5-16(3)11-13-4-9(17(18)19)10(12)14-11/h4H,5H2,1-3H3,(H2,12,13,14). The minimum absolute atomic E-state index is 0.161. The molecule has 0 radical (unpaired) electrons. The van der Waals surface area contributed by atoms with Gasteiger partial charge in [0.25, 0.3) is 0 Å². The number of hydrogen-bond donors (Lipinski definition) is 1. The summed E-state index contributed by atoms with van der Waals surface area (Å²) in [6, 6.07) is 0. The molecule has 0 aliphatic heterocycles. The second-order valence-corrected chi connectivity index (χ2v) is 4.36. The molecule has 106 valence electrons. The zero-order chi connectivity index (χ0) is 14.9. The van der Waals surface area contributed by atoms with Gasteiger partial charge in [-0.15, -0.1) is 0 Å². The van der Waals surface area contributed by atoms with Crippen molar-refractivity contribution in [1.29, 1.82) is 0 Å². The molecule has 0 aliphatic rings. The van der Waals surface area contributed by atoms with E-state index in [4.69, 9.17) is 10.3 Å². The monoisotopic (exact) mass is 278 g/mol. The van der Waals surface area contributed by atoms with Gasteiger partial charge in [-0.1, -0.05) is 5.16 Å². The van der Waals surface area contributed by atoms with Crippen LogP contribution >= 0.6 is 0 Å². The molecule has 0 saturated carbocycles. The summed E-state index contributed by atoms with van der Waals surface area (Å²) >= 11 is 0. The van der Waals surface area contributed by atoms with E-state index in [0.717, 1.165) is 17.5 Å². The molecule has 0 unspecified atom stereocenters. The summed E-state index contributed by atoms with van der Waals surface area (Å²) in [6.07, 6.45) is 1.10. The summed E-state index contributed by atoms with van der Waals surface area (Å²) in [5.74, 6) is 0.850. The first-order valence-corrected chi connectivity index (χ1v) is 5.80. The summed E-state index contributed by atoms with van der Waals surface area (Å²) in [4.78, 5) is 19.6. The van der Waals surface area contributed by atoms with Crippen LogP contribution in [0.5, 0.6) is 0 Å². The Bertz CT molecular complexity index is 634. The van der Waals surface area contributed by atoms with E-state index in [9.17, 15) is 10.1 Å². The lowest BCUT2D eigenvalue weighted by Gasteiger charge is -2.16. The molecule has 0 fully saturated rings. The zero-order valence-corrected chi connectivity index (χ0v) is 11.3. The van der Waals surface area contributed by atoms with E-state index < -0.39 is 4.92 Å². The Morgan fingerprint density at radius 2 is 2.20 bits per heavy atom. The largest absolute Gasteiger partial charge is 0.378 e. The summed E-state index contributed by atoms with van der Waals surface area (Å²) in [5, 5.41) is 14.5. The summed E-state index contributed by atoms with van der Waals surface area (Å²) in [5.41, 5.74) is 6.94. The average Bonchev–Trinajstić information content (AvgIpc) is 2.70. The van der Waals surface area contributed by atoms with Crippen molar-refractivity contribution in [3.05, 3.63) is 33.3 Å². The van der Waals surface area contributed by atoms with E-state index in [1.807, 2.05) is 13.8 Å². The van der Waals surface area contributed by atoms with E-state index in [0.29, 0.717) is 18.3 Å². The number of nitrogens with two attached hydrogens (primary N) is 1. The van der Waals surface area contributed by atoms with Crippen molar-refractivity contribution in [2.45, 2.75) is 20.4 Å². The number of nitro groups is 1. The molecule has 2 rings (SSSR count). The van der Waals surface area contributed by atoms with Gasteiger partial charge in [-0.3, -0.25) is 10.1 Å². The minimum atomic E-state index is -0.618. The quantitative estimate of drug-likeness (QED) is 0.653. The number of hydrogen-bond acceptors (Lipinski definition) is 8. The van der Waals surface area contributed by atoms with Crippen LogP contribution in [-0.4, -0.2) is 27.1 Å². The molecule has 2 N–H and O–H groups in total. The molecule has 0 aliphatic carbocycles. The van der Waals surface area contributed by atoms with Gasteiger partial charge in [-0.25, -0.2) is 4.98 Å². The van der Waals surface area contributed by atoms with E-state index in [2.05, 4.69) is 15.1 Å². The van der Waals surface area contributed by atoms with Crippen molar-refractivity contribution in [3.8, 4) is 0 Å². The third-order valence-electron chi connectivity index (χ3n) is 2.90.